The van der Waals surface area contributed by atoms with Crippen LogP contribution in [0.3, 0.4) is 0 Å². The molecule has 0 bridgehead atoms. The second-order valence-corrected chi connectivity index (χ2v) is 8.02. The highest BCUT2D eigenvalue weighted by molar-refractivity contribution is 6.30. The molecule has 4 rings (SSSR count). The number of benzene rings is 3. The van der Waals surface area contributed by atoms with Gasteiger partial charge in [-0.05, 0) is 61.7 Å². The molecular weight excluding hydrogens is 404 g/mol. The Morgan fingerprint density at radius 3 is 2.39 bits per heavy atom. The molecule has 0 spiro atoms. The van der Waals surface area contributed by atoms with Crippen molar-refractivity contribution in [1.82, 2.24) is 4.57 Å². The average molecular weight is 429 g/mol. The summed E-state index contributed by atoms with van der Waals surface area (Å²) in [4.78, 5) is 5.71. The van der Waals surface area contributed by atoms with Crippen LogP contribution in [0, 0.1) is 13.8 Å². The monoisotopic (exact) mass is 428 g/mol. The number of nitrogens with zero attached hydrogens (tertiary/aromatic N) is 2. The van der Waals surface area contributed by atoms with Crippen molar-refractivity contribution in [1.29, 1.82) is 0 Å². The van der Waals surface area contributed by atoms with Gasteiger partial charge in [0.05, 0.1) is 11.4 Å². The number of rotatable bonds is 6. The van der Waals surface area contributed by atoms with Gasteiger partial charge in [0.25, 0.3) is 0 Å². The molecule has 4 aromatic rings. The van der Waals surface area contributed by atoms with Crippen molar-refractivity contribution in [3.05, 3.63) is 112 Å². The summed E-state index contributed by atoms with van der Waals surface area (Å²) in [6.07, 6.45) is 0. The van der Waals surface area contributed by atoms with E-state index in [4.69, 9.17) is 16.4 Å². The summed E-state index contributed by atoms with van der Waals surface area (Å²) >= 11 is 6.30. The van der Waals surface area contributed by atoms with Crippen LogP contribution in [0.25, 0.3) is 16.9 Å². The van der Waals surface area contributed by atoms with E-state index in [1.54, 1.807) is 0 Å². The molecule has 1 aromatic heterocycles. The van der Waals surface area contributed by atoms with E-state index in [0.717, 1.165) is 39.5 Å². The van der Waals surface area contributed by atoms with Crippen molar-refractivity contribution >= 4 is 17.3 Å². The Morgan fingerprint density at radius 2 is 1.65 bits per heavy atom. The highest BCUT2D eigenvalue weighted by Crippen LogP contribution is 2.31. The summed E-state index contributed by atoms with van der Waals surface area (Å²) in [6, 6.07) is 28.6. The fourth-order valence-corrected chi connectivity index (χ4v) is 3.95. The minimum Gasteiger partial charge on any atom is -0.391 e. The third-order valence-corrected chi connectivity index (χ3v) is 5.69. The molecule has 156 valence electrons. The summed E-state index contributed by atoms with van der Waals surface area (Å²) in [5, 5.41) is 5.13. The quantitative estimate of drug-likeness (QED) is 0.233. The van der Waals surface area contributed by atoms with Gasteiger partial charge in [-0.2, -0.15) is 0 Å². The van der Waals surface area contributed by atoms with Crippen LogP contribution in [-0.4, -0.2) is 10.3 Å². The zero-order valence-electron chi connectivity index (χ0n) is 18.0. The summed E-state index contributed by atoms with van der Waals surface area (Å²) in [7, 11) is 0. The third-order valence-electron chi connectivity index (χ3n) is 5.46. The van der Waals surface area contributed by atoms with Gasteiger partial charge in [0.1, 0.15) is 6.61 Å². The fraction of sp³-hybridized carbons (Fsp3) is 0.148. The lowest BCUT2D eigenvalue weighted by molar-refractivity contribution is 0.130. The van der Waals surface area contributed by atoms with Crippen molar-refractivity contribution in [3.8, 4) is 16.9 Å². The van der Waals surface area contributed by atoms with Gasteiger partial charge in [-0.3, -0.25) is 0 Å². The van der Waals surface area contributed by atoms with E-state index in [9.17, 15) is 0 Å². The third kappa shape index (κ3) is 4.57. The van der Waals surface area contributed by atoms with Crippen molar-refractivity contribution in [2.24, 2.45) is 5.16 Å². The molecule has 1 heterocycles. The molecule has 0 aliphatic carbocycles. The van der Waals surface area contributed by atoms with E-state index in [-0.39, 0.29) is 0 Å². The molecular formula is C27H25ClN2O. The highest BCUT2D eigenvalue weighted by Gasteiger charge is 2.17. The van der Waals surface area contributed by atoms with Crippen molar-refractivity contribution in [2.75, 3.05) is 0 Å². The van der Waals surface area contributed by atoms with E-state index < -0.39 is 0 Å². The molecule has 0 aliphatic rings. The van der Waals surface area contributed by atoms with Crippen LogP contribution < -0.4 is 0 Å². The van der Waals surface area contributed by atoms with Gasteiger partial charge < -0.3 is 9.40 Å². The molecule has 0 N–H and O–H groups in total. The summed E-state index contributed by atoms with van der Waals surface area (Å²) in [5.74, 6) is 0. The van der Waals surface area contributed by atoms with Gasteiger partial charge in [0, 0.05) is 22.0 Å². The second-order valence-electron chi connectivity index (χ2n) is 7.59. The maximum absolute atomic E-state index is 6.30. The minimum atomic E-state index is 0.448. The van der Waals surface area contributed by atoms with Crippen LogP contribution in [0.5, 0.6) is 0 Å². The maximum Gasteiger partial charge on any atom is 0.142 e. The van der Waals surface area contributed by atoms with Gasteiger partial charge in [-0.15, -0.1) is 0 Å². The first-order chi connectivity index (χ1) is 15.0. The van der Waals surface area contributed by atoms with Gasteiger partial charge in [-0.1, -0.05) is 77.4 Å². The predicted octanol–water partition coefficient (Wildman–Crippen LogP) is 7.36. The summed E-state index contributed by atoms with van der Waals surface area (Å²) < 4.78 is 2.22. The van der Waals surface area contributed by atoms with Crippen LogP contribution in [0.4, 0.5) is 0 Å². The number of aromatic nitrogens is 1. The Bertz CT molecular complexity index is 1230. The molecule has 0 atom stereocenters. The molecule has 0 unspecified atom stereocenters. The minimum absolute atomic E-state index is 0.448. The van der Waals surface area contributed by atoms with Crippen LogP contribution >= 0.6 is 11.6 Å². The second kappa shape index (κ2) is 9.23. The number of hydrogen-bond donors (Lipinski definition) is 0. The molecule has 31 heavy (non-hydrogen) atoms. The Kier molecular flexibility index (Phi) is 6.24. The Hall–Kier alpha value is -3.30. The molecule has 0 saturated carbocycles. The lowest BCUT2D eigenvalue weighted by Crippen LogP contribution is -2.02. The lowest BCUT2D eigenvalue weighted by Gasteiger charge is -2.13. The predicted molar refractivity (Wildman–Crippen MR) is 129 cm³/mol. The van der Waals surface area contributed by atoms with Gasteiger partial charge in [0.2, 0.25) is 0 Å². The number of aryl methyl sites for hydroxylation is 1. The van der Waals surface area contributed by atoms with Crippen LogP contribution in [0.2, 0.25) is 5.02 Å². The lowest BCUT2D eigenvalue weighted by atomic mass is 10.1. The number of halogens is 1. The van der Waals surface area contributed by atoms with Crippen molar-refractivity contribution in [2.45, 2.75) is 27.4 Å². The standard InChI is InChI=1S/C27H25ClN2O/c1-19-10-7-8-13-23(19)18-31-29-20(2)26-17-27(22-11-5-4-6-12-22)30(21(26)3)25-15-9-14-24(28)16-25/h4-17H,18H2,1-3H3. The highest BCUT2D eigenvalue weighted by atomic mass is 35.5. The van der Waals surface area contributed by atoms with Gasteiger partial charge in [0.15, 0.2) is 0 Å². The Morgan fingerprint density at radius 1 is 0.903 bits per heavy atom. The molecule has 0 saturated heterocycles. The van der Waals surface area contributed by atoms with E-state index in [1.807, 2.05) is 55.5 Å². The van der Waals surface area contributed by atoms with Gasteiger partial charge in [-0.25, -0.2) is 0 Å². The van der Waals surface area contributed by atoms with E-state index >= 15 is 0 Å². The van der Waals surface area contributed by atoms with Crippen LogP contribution in [0.1, 0.15) is 29.3 Å². The fourth-order valence-electron chi connectivity index (χ4n) is 3.76. The maximum atomic E-state index is 6.30. The molecule has 0 amide bonds. The first-order valence-electron chi connectivity index (χ1n) is 10.3. The zero-order valence-corrected chi connectivity index (χ0v) is 18.7. The molecule has 3 nitrogen and oxygen atoms in total. The first-order valence-corrected chi connectivity index (χ1v) is 10.7. The topological polar surface area (TPSA) is 26.5 Å². The normalized spacial score (nSPS) is 11.5. The molecule has 0 fully saturated rings. The summed E-state index contributed by atoms with van der Waals surface area (Å²) in [6.45, 7) is 6.61. The summed E-state index contributed by atoms with van der Waals surface area (Å²) in [5.41, 5.74) is 8.54. The number of oxime groups is 1. The number of hydrogen-bond acceptors (Lipinski definition) is 2. The largest absolute Gasteiger partial charge is 0.391 e. The Labute approximate surface area is 188 Å². The Balaban J connectivity index is 1.72. The molecule has 3 aromatic carbocycles. The zero-order chi connectivity index (χ0) is 21.8. The van der Waals surface area contributed by atoms with Crippen LogP contribution in [0.15, 0.2) is 90.1 Å². The SMILES string of the molecule is CC(=NOCc1ccccc1C)c1cc(-c2ccccc2)n(-c2cccc(Cl)c2)c1C. The van der Waals surface area contributed by atoms with Crippen molar-refractivity contribution < 1.29 is 4.84 Å². The molecule has 4 heteroatoms. The van der Waals surface area contributed by atoms with Crippen molar-refractivity contribution in [3.63, 3.8) is 0 Å². The molecule has 0 radical (unpaired) electrons. The van der Waals surface area contributed by atoms with E-state index in [0.29, 0.717) is 11.6 Å². The molecule has 0 aliphatic heterocycles. The van der Waals surface area contributed by atoms with E-state index in [2.05, 4.69) is 60.0 Å². The smallest absolute Gasteiger partial charge is 0.142 e. The average Bonchev–Trinajstić information content (AvgIpc) is 3.13. The first kappa shape index (κ1) is 21.0. The van der Waals surface area contributed by atoms with Crippen LogP contribution in [-0.2, 0) is 11.4 Å². The van der Waals surface area contributed by atoms with E-state index in [1.165, 1.54) is 5.56 Å². The van der Waals surface area contributed by atoms with Gasteiger partial charge >= 0.3 is 0 Å².